The molecule has 0 saturated heterocycles. The third-order valence-corrected chi connectivity index (χ3v) is 4.96. The highest BCUT2D eigenvalue weighted by atomic mass is 79.9. The molecule has 2 N–H and O–H groups in total. The van der Waals surface area contributed by atoms with Crippen LogP contribution in [0.2, 0.25) is 0 Å². The zero-order valence-corrected chi connectivity index (χ0v) is 17.9. The van der Waals surface area contributed by atoms with Gasteiger partial charge in [-0.2, -0.15) is 0 Å². The molecule has 1 amide bonds. The molecule has 5 heteroatoms. The van der Waals surface area contributed by atoms with Gasteiger partial charge in [0.1, 0.15) is 0 Å². The van der Waals surface area contributed by atoms with Crippen LogP contribution in [0.1, 0.15) is 27.0 Å². The molecule has 0 aliphatic heterocycles. The van der Waals surface area contributed by atoms with Crippen LogP contribution in [0.25, 0.3) is 10.9 Å². The van der Waals surface area contributed by atoms with E-state index in [1.165, 1.54) is 22.1 Å². The second-order valence-electron chi connectivity index (χ2n) is 7.11. The van der Waals surface area contributed by atoms with Crippen molar-refractivity contribution in [3.05, 3.63) is 102 Å². The number of hydrogen-bond donors (Lipinski definition) is 2. The number of aromatic amines is 1. The van der Waals surface area contributed by atoms with Gasteiger partial charge in [-0.3, -0.25) is 4.79 Å². The first-order valence-electron chi connectivity index (χ1n) is 9.57. The number of aromatic nitrogens is 2. The van der Waals surface area contributed by atoms with Crippen molar-refractivity contribution in [3.8, 4) is 0 Å². The molecule has 0 bridgehead atoms. The summed E-state index contributed by atoms with van der Waals surface area (Å²) in [5, 5.41) is 4.23. The van der Waals surface area contributed by atoms with E-state index >= 15 is 0 Å². The van der Waals surface area contributed by atoms with Crippen molar-refractivity contribution < 1.29 is 26.3 Å². The standard InChI is InChI=1S/C24H23N3O.BrH/c1-18-5-4-6-19(15-18)17-27-13-10-20(11-14-27)24(28)25-12-9-21-16-26-23-8-3-2-7-22(21)23;/h2-8,10-11,13-16,26H,9,12,17H2,1H3;1H. The number of fused-ring (bicyclic) bond motifs is 1. The van der Waals surface area contributed by atoms with Crippen molar-refractivity contribution in [2.24, 2.45) is 0 Å². The summed E-state index contributed by atoms with van der Waals surface area (Å²) in [6.07, 6.45) is 6.73. The van der Waals surface area contributed by atoms with Gasteiger partial charge in [-0.25, -0.2) is 4.57 Å². The largest absolute Gasteiger partial charge is 1.00 e. The predicted molar refractivity (Wildman–Crippen MR) is 111 cm³/mol. The second kappa shape index (κ2) is 9.52. The smallest absolute Gasteiger partial charge is 0.251 e. The van der Waals surface area contributed by atoms with Crippen molar-refractivity contribution in [2.75, 3.05) is 6.54 Å². The lowest BCUT2D eigenvalue weighted by atomic mass is 10.1. The highest BCUT2D eigenvalue weighted by Gasteiger charge is 2.09. The van der Waals surface area contributed by atoms with Crippen LogP contribution in [0.5, 0.6) is 0 Å². The van der Waals surface area contributed by atoms with Gasteiger partial charge in [0.15, 0.2) is 18.9 Å². The molecule has 2 aromatic heterocycles. The van der Waals surface area contributed by atoms with Gasteiger partial charge >= 0.3 is 0 Å². The predicted octanol–water partition coefficient (Wildman–Crippen LogP) is 0.789. The molecule has 0 unspecified atom stereocenters. The van der Waals surface area contributed by atoms with E-state index in [0.29, 0.717) is 12.1 Å². The number of hydrogen-bond acceptors (Lipinski definition) is 1. The first-order chi connectivity index (χ1) is 13.7. The Labute approximate surface area is 181 Å². The fourth-order valence-electron chi connectivity index (χ4n) is 3.49. The molecular formula is C24H24BrN3O. The van der Waals surface area contributed by atoms with E-state index in [9.17, 15) is 4.79 Å². The fourth-order valence-corrected chi connectivity index (χ4v) is 3.49. The zero-order valence-electron chi connectivity index (χ0n) is 16.4. The van der Waals surface area contributed by atoms with Crippen LogP contribution >= 0.6 is 0 Å². The lowest BCUT2D eigenvalue weighted by Gasteiger charge is -2.05. The van der Waals surface area contributed by atoms with Gasteiger partial charge in [0.05, 0.1) is 5.56 Å². The number of pyridine rings is 1. The molecular weight excluding hydrogens is 426 g/mol. The molecule has 4 rings (SSSR count). The molecule has 0 fully saturated rings. The maximum atomic E-state index is 12.4. The van der Waals surface area contributed by atoms with Crippen LogP contribution < -0.4 is 26.9 Å². The first-order valence-corrected chi connectivity index (χ1v) is 9.57. The molecule has 0 spiro atoms. The van der Waals surface area contributed by atoms with Gasteiger partial charge in [-0.15, -0.1) is 0 Å². The Morgan fingerprint density at radius 3 is 2.62 bits per heavy atom. The van der Waals surface area contributed by atoms with Gasteiger partial charge < -0.3 is 27.3 Å². The molecule has 29 heavy (non-hydrogen) atoms. The van der Waals surface area contributed by atoms with Gasteiger partial charge in [0, 0.05) is 41.3 Å². The summed E-state index contributed by atoms with van der Waals surface area (Å²) in [4.78, 5) is 15.7. The Morgan fingerprint density at radius 1 is 1.03 bits per heavy atom. The molecule has 0 atom stereocenters. The number of amides is 1. The van der Waals surface area contributed by atoms with Crippen molar-refractivity contribution in [1.29, 1.82) is 0 Å². The molecule has 0 aliphatic carbocycles. The maximum Gasteiger partial charge on any atom is 0.251 e. The Hall–Kier alpha value is -2.92. The molecule has 4 nitrogen and oxygen atoms in total. The topological polar surface area (TPSA) is 48.8 Å². The van der Waals surface area contributed by atoms with E-state index in [1.807, 2.05) is 42.9 Å². The summed E-state index contributed by atoms with van der Waals surface area (Å²) in [6.45, 7) is 3.50. The average molecular weight is 450 g/mol. The van der Waals surface area contributed by atoms with E-state index in [-0.39, 0.29) is 22.9 Å². The summed E-state index contributed by atoms with van der Waals surface area (Å²) >= 11 is 0. The van der Waals surface area contributed by atoms with Crippen LogP contribution in [0.15, 0.2) is 79.3 Å². The van der Waals surface area contributed by atoms with Crippen molar-refractivity contribution >= 4 is 16.8 Å². The van der Waals surface area contributed by atoms with Crippen LogP contribution in [-0.2, 0) is 13.0 Å². The fraction of sp³-hybridized carbons (Fsp3) is 0.167. The number of para-hydroxylation sites is 1. The van der Waals surface area contributed by atoms with Crippen LogP contribution in [-0.4, -0.2) is 17.4 Å². The molecule has 4 aromatic rings. The Kier molecular flexibility index (Phi) is 6.83. The minimum Gasteiger partial charge on any atom is -1.00 e. The molecule has 0 aliphatic rings. The highest BCUT2D eigenvalue weighted by Crippen LogP contribution is 2.17. The number of H-pyrrole nitrogens is 1. The molecule has 148 valence electrons. The molecule has 0 radical (unpaired) electrons. The number of carbonyl (C=O) groups excluding carboxylic acids is 1. The zero-order chi connectivity index (χ0) is 19.3. The van der Waals surface area contributed by atoms with Crippen LogP contribution in [0.4, 0.5) is 0 Å². The minimum absolute atomic E-state index is 0. The summed E-state index contributed by atoms with van der Waals surface area (Å²) in [5.74, 6) is -0.0393. The third-order valence-electron chi connectivity index (χ3n) is 4.96. The van der Waals surface area contributed by atoms with Gasteiger partial charge in [-0.1, -0.05) is 42.0 Å². The van der Waals surface area contributed by atoms with Gasteiger partial charge in [0.25, 0.3) is 5.91 Å². The second-order valence-corrected chi connectivity index (χ2v) is 7.11. The summed E-state index contributed by atoms with van der Waals surface area (Å²) in [5.41, 5.74) is 5.54. The highest BCUT2D eigenvalue weighted by molar-refractivity contribution is 5.93. The quantitative estimate of drug-likeness (QED) is 0.420. The third kappa shape index (κ3) is 5.12. The number of benzene rings is 2. The number of carbonyl (C=O) groups is 1. The minimum atomic E-state index is -0.0393. The van der Waals surface area contributed by atoms with E-state index in [0.717, 1.165) is 18.5 Å². The first kappa shape index (κ1) is 20.8. The summed E-state index contributed by atoms with van der Waals surface area (Å²) in [6, 6.07) is 20.4. The van der Waals surface area contributed by atoms with E-state index in [2.05, 4.69) is 58.2 Å². The van der Waals surface area contributed by atoms with E-state index in [4.69, 9.17) is 0 Å². The Morgan fingerprint density at radius 2 is 1.83 bits per heavy atom. The van der Waals surface area contributed by atoms with Crippen LogP contribution in [0.3, 0.4) is 0 Å². The number of aryl methyl sites for hydroxylation is 1. The van der Waals surface area contributed by atoms with E-state index < -0.39 is 0 Å². The number of nitrogens with zero attached hydrogens (tertiary/aromatic N) is 1. The van der Waals surface area contributed by atoms with Gasteiger partial charge in [0.2, 0.25) is 0 Å². The molecule has 2 heterocycles. The number of halogens is 1. The molecule has 0 saturated carbocycles. The van der Waals surface area contributed by atoms with Crippen LogP contribution in [0, 0.1) is 6.92 Å². The summed E-state index contributed by atoms with van der Waals surface area (Å²) < 4.78 is 2.08. The average Bonchev–Trinajstić information content (AvgIpc) is 3.12. The maximum absolute atomic E-state index is 12.4. The van der Waals surface area contributed by atoms with Gasteiger partial charge in [-0.05, 0) is 31.0 Å². The lowest BCUT2D eigenvalue weighted by Crippen LogP contribution is -3.00. The van der Waals surface area contributed by atoms with Crippen molar-refractivity contribution in [3.63, 3.8) is 0 Å². The monoisotopic (exact) mass is 449 g/mol. The summed E-state index contributed by atoms with van der Waals surface area (Å²) in [7, 11) is 0. The Balaban J connectivity index is 0.00000240. The molecule has 2 aromatic carbocycles. The lowest BCUT2D eigenvalue weighted by molar-refractivity contribution is -0.688. The number of nitrogens with one attached hydrogen (secondary N) is 2. The normalized spacial score (nSPS) is 10.5. The number of rotatable bonds is 6. The van der Waals surface area contributed by atoms with E-state index in [1.54, 1.807) is 0 Å². The van der Waals surface area contributed by atoms with Crippen molar-refractivity contribution in [2.45, 2.75) is 19.9 Å². The van der Waals surface area contributed by atoms with Crippen molar-refractivity contribution in [1.82, 2.24) is 10.3 Å². The Bertz CT molecular complexity index is 1100. The SMILES string of the molecule is Cc1cccc(C[n+]2ccc(C(=O)NCCc3c[nH]c4ccccc34)cc2)c1.[Br-].